The molecule has 0 amide bonds. The summed E-state index contributed by atoms with van der Waals surface area (Å²) in [6, 6.07) is 0. The van der Waals surface area contributed by atoms with E-state index in [1.165, 1.54) is 83.5 Å². The molecule has 5 nitrogen and oxygen atoms in total. The van der Waals surface area contributed by atoms with Gasteiger partial charge in [0.15, 0.2) is 0 Å². The molecule has 0 aromatic heterocycles. The Morgan fingerprint density at radius 1 is 0.786 bits per heavy atom. The fraction of sp³-hybridized carbons (Fsp3) is 1.00. The Labute approximate surface area is 172 Å². The fourth-order valence-corrected chi connectivity index (χ4v) is 3.84. The van der Waals surface area contributed by atoms with Crippen molar-refractivity contribution >= 4 is 0 Å². The standard InChI is InChI=1S/C23H46O5/c1-2-3-4-5-6-7-8-9-10-11-12-13-14-15-16-17-27-18-21(25)23-22(26)20(24)19-28-23/h20-26H,2-19H2,1H3/t20-,21+,22+,23+/m0/s1. The van der Waals surface area contributed by atoms with E-state index in [2.05, 4.69) is 6.92 Å². The van der Waals surface area contributed by atoms with Gasteiger partial charge in [0.05, 0.1) is 13.2 Å². The van der Waals surface area contributed by atoms with Gasteiger partial charge in [-0.15, -0.1) is 0 Å². The summed E-state index contributed by atoms with van der Waals surface area (Å²) in [5.74, 6) is 0. The molecule has 0 spiro atoms. The average Bonchev–Trinajstić information content (AvgIpc) is 3.03. The second-order valence-corrected chi connectivity index (χ2v) is 8.45. The number of hydrogen-bond donors (Lipinski definition) is 3. The van der Waals surface area contributed by atoms with Crippen molar-refractivity contribution in [2.75, 3.05) is 19.8 Å². The van der Waals surface area contributed by atoms with E-state index < -0.39 is 24.4 Å². The lowest BCUT2D eigenvalue weighted by molar-refractivity contribution is -0.0813. The van der Waals surface area contributed by atoms with Crippen LogP contribution in [-0.2, 0) is 9.47 Å². The molecule has 1 aliphatic heterocycles. The molecule has 0 aliphatic carbocycles. The van der Waals surface area contributed by atoms with Crippen molar-refractivity contribution in [3.05, 3.63) is 0 Å². The van der Waals surface area contributed by atoms with Crippen LogP contribution in [0.25, 0.3) is 0 Å². The van der Waals surface area contributed by atoms with Gasteiger partial charge in [-0.1, -0.05) is 96.8 Å². The Morgan fingerprint density at radius 2 is 1.25 bits per heavy atom. The molecule has 0 radical (unpaired) electrons. The van der Waals surface area contributed by atoms with Crippen molar-refractivity contribution in [3.8, 4) is 0 Å². The van der Waals surface area contributed by atoms with E-state index >= 15 is 0 Å². The Bertz CT molecular complexity index is 339. The van der Waals surface area contributed by atoms with Gasteiger partial charge >= 0.3 is 0 Å². The number of aliphatic hydroxyl groups is 3. The smallest absolute Gasteiger partial charge is 0.114 e. The molecule has 0 saturated carbocycles. The van der Waals surface area contributed by atoms with Crippen LogP contribution >= 0.6 is 0 Å². The van der Waals surface area contributed by atoms with Crippen molar-refractivity contribution in [2.45, 2.75) is 128 Å². The third kappa shape index (κ3) is 12.4. The number of aliphatic hydroxyl groups excluding tert-OH is 3. The van der Waals surface area contributed by atoms with Crippen molar-refractivity contribution < 1.29 is 24.8 Å². The van der Waals surface area contributed by atoms with Gasteiger partial charge in [0, 0.05) is 6.61 Å². The van der Waals surface area contributed by atoms with E-state index in [1.807, 2.05) is 0 Å². The first-order valence-corrected chi connectivity index (χ1v) is 11.9. The van der Waals surface area contributed by atoms with E-state index in [-0.39, 0.29) is 13.2 Å². The number of ether oxygens (including phenoxy) is 2. The lowest BCUT2D eigenvalue weighted by atomic mass is 10.0. The minimum Gasteiger partial charge on any atom is -0.388 e. The maximum absolute atomic E-state index is 9.94. The van der Waals surface area contributed by atoms with Gasteiger partial charge in [-0.2, -0.15) is 0 Å². The van der Waals surface area contributed by atoms with Crippen LogP contribution in [-0.4, -0.2) is 59.6 Å². The van der Waals surface area contributed by atoms with Crippen LogP contribution in [0.3, 0.4) is 0 Å². The summed E-state index contributed by atoms with van der Waals surface area (Å²) >= 11 is 0. The van der Waals surface area contributed by atoms with Gasteiger partial charge in [0.25, 0.3) is 0 Å². The van der Waals surface area contributed by atoms with Crippen molar-refractivity contribution in [1.82, 2.24) is 0 Å². The molecule has 4 atom stereocenters. The predicted octanol–water partition coefficient (Wildman–Crippen LogP) is 4.36. The second-order valence-electron chi connectivity index (χ2n) is 8.45. The van der Waals surface area contributed by atoms with Crippen molar-refractivity contribution in [1.29, 1.82) is 0 Å². The molecule has 1 heterocycles. The first-order valence-electron chi connectivity index (χ1n) is 11.9. The van der Waals surface area contributed by atoms with E-state index in [1.54, 1.807) is 0 Å². The summed E-state index contributed by atoms with van der Waals surface area (Å²) < 4.78 is 10.7. The molecule has 0 unspecified atom stereocenters. The second kappa shape index (κ2) is 17.6. The van der Waals surface area contributed by atoms with Gasteiger partial charge < -0.3 is 24.8 Å². The predicted molar refractivity (Wildman–Crippen MR) is 114 cm³/mol. The monoisotopic (exact) mass is 402 g/mol. The Hall–Kier alpha value is -0.200. The molecule has 1 fully saturated rings. The molecular weight excluding hydrogens is 356 g/mol. The van der Waals surface area contributed by atoms with Crippen LogP contribution in [0.5, 0.6) is 0 Å². The fourth-order valence-electron chi connectivity index (χ4n) is 3.84. The summed E-state index contributed by atoms with van der Waals surface area (Å²) in [6.07, 6.45) is 16.5. The zero-order valence-corrected chi connectivity index (χ0v) is 18.2. The van der Waals surface area contributed by atoms with Gasteiger partial charge in [-0.05, 0) is 6.42 Å². The molecular formula is C23H46O5. The largest absolute Gasteiger partial charge is 0.388 e. The molecule has 0 aromatic rings. The molecule has 0 aromatic carbocycles. The third-order valence-electron chi connectivity index (χ3n) is 5.75. The molecule has 5 heteroatoms. The van der Waals surface area contributed by atoms with Crippen LogP contribution in [0.2, 0.25) is 0 Å². The van der Waals surface area contributed by atoms with E-state index in [0.717, 1.165) is 12.8 Å². The summed E-state index contributed by atoms with van der Waals surface area (Å²) in [5.41, 5.74) is 0. The summed E-state index contributed by atoms with van der Waals surface area (Å²) in [5, 5.41) is 29.0. The first kappa shape index (κ1) is 25.8. The zero-order valence-electron chi connectivity index (χ0n) is 18.2. The highest BCUT2D eigenvalue weighted by Gasteiger charge is 2.39. The molecule has 0 bridgehead atoms. The van der Waals surface area contributed by atoms with Crippen LogP contribution in [0.1, 0.15) is 103 Å². The summed E-state index contributed by atoms with van der Waals surface area (Å²) in [7, 11) is 0. The van der Waals surface area contributed by atoms with Gasteiger partial charge in [-0.25, -0.2) is 0 Å². The lowest BCUT2D eigenvalue weighted by Gasteiger charge is -2.20. The highest BCUT2D eigenvalue weighted by molar-refractivity contribution is 4.87. The van der Waals surface area contributed by atoms with Gasteiger partial charge in [0.2, 0.25) is 0 Å². The van der Waals surface area contributed by atoms with E-state index in [9.17, 15) is 15.3 Å². The number of hydrogen-bond acceptors (Lipinski definition) is 5. The van der Waals surface area contributed by atoms with E-state index in [0.29, 0.717) is 6.61 Å². The molecule has 168 valence electrons. The molecule has 1 saturated heterocycles. The topological polar surface area (TPSA) is 79.2 Å². The maximum atomic E-state index is 9.94. The van der Waals surface area contributed by atoms with Crippen LogP contribution < -0.4 is 0 Å². The lowest BCUT2D eigenvalue weighted by Crippen LogP contribution is -2.40. The Kier molecular flexibility index (Phi) is 16.3. The molecule has 3 N–H and O–H groups in total. The van der Waals surface area contributed by atoms with Gasteiger partial charge in [-0.3, -0.25) is 0 Å². The highest BCUT2D eigenvalue weighted by Crippen LogP contribution is 2.18. The molecule has 1 aliphatic rings. The van der Waals surface area contributed by atoms with Crippen molar-refractivity contribution in [3.63, 3.8) is 0 Å². The summed E-state index contributed by atoms with van der Waals surface area (Å²) in [6.45, 7) is 3.11. The number of unbranched alkanes of at least 4 members (excludes halogenated alkanes) is 14. The maximum Gasteiger partial charge on any atom is 0.114 e. The Balaban J connectivity index is 1.75. The highest BCUT2D eigenvalue weighted by atomic mass is 16.5. The average molecular weight is 403 g/mol. The SMILES string of the molecule is CCCCCCCCCCCCCCCCCOC[C@@H](O)[C@H]1OC[C@H](O)[C@H]1O. The van der Waals surface area contributed by atoms with Crippen molar-refractivity contribution in [2.24, 2.45) is 0 Å². The summed E-state index contributed by atoms with van der Waals surface area (Å²) in [4.78, 5) is 0. The first-order chi connectivity index (χ1) is 13.7. The van der Waals surface area contributed by atoms with Crippen LogP contribution in [0, 0.1) is 0 Å². The quantitative estimate of drug-likeness (QED) is 0.280. The minimum absolute atomic E-state index is 0.0714. The molecule has 1 rings (SSSR count). The Morgan fingerprint density at radius 3 is 1.68 bits per heavy atom. The number of rotatable bonds is 19. The van der Waals surface area contributed by atoms with Crippen LogP contribution in [0.15, 0.2) is 0 Å². The minimum atomic E-state index is -1.02. The molecule has 28 heavy (non-hydrogen) atoms. The third-order valence-corrected chi connectivity index (χ3v) is 5.75. The van der Waals surface area contributed by atoms with E-state index in [4.69, 9.17) is 9.47 Å². The normalized spacial score (nSPS) is 23.4. The van der Waals surface area contributed by atoms with Gasteiger partial charge in [0.1, 0.15) is 24.4 Å². The zero-order chi connectivity index (χ0) is 20.5. The van der Waals surface area contributed by atoms with Crippen LogP contribution in [0.4, 0.5) is 0 Å².